The first-order valence-corrected chi connectivity index (χ1v) is 7.04. The number of anilines is 1. The maximum Gasteiger partial charge on any atom is 0.272 e. The van der Waals surface area contributed by atoms with Crippen molar-refractivity contribution in [3.63, 3.8) is 0 Å². The number of hydrogen-bond acceptors (Lipinski definition) is 2. The molecule has 0 aliphatic rings. The van der Waals surface area contributed by atoms with E-state index in [2.05, 4.69) is 4.98 Å². The first-order chi connectivity index (χ1) is 10.1. The molecule has 1 aromatic heterocycles. The topological polar surface area (TPSA) is 36.1 Å². The molecule has 0 saturated heterocycles. The molecule has 0 radical (unpaired) electrons. The number of fused-ring (bicyclic) bond motifs is 1. The van der Waals surface area contributed by atoms with E-state index in [0.29, 0.717) is 10.7 Å². The largest absolute Gasteiger partial charge is 0.373 e. The number of benzene rings is 2. The maximum atomic E-state index is 12.4. The van der Waals surface area contributed by atoms with Gasteiger partial charge in [-0.2, -0.15) is 0 Å². The van der Waals surface area contributed by atoms with Crippen LogP contribution in [0.25, 0.3) is 22.0 Å². The Balaban J connectivity index is 2.50. The highest BCUT2D eigenvalue weighted by Gasteiger charge is 2.16. The zero-order chi connectivity index (χ0) is 15.0. The molecule has 0 saturated carbocycles. The summed E-state index contributed by atoms with van der Waals surface area (Å²) in [5.41, 5.74) is 3.22. The predicted octanol–water partition coefficient (Wildman–Crippen LogP) is 3.91. The summed E-state index contributed by atoms with van der Waals surface area (Å²) in [5, 5.41) is 1.59. The summed E-state index contributed by atoms with van der Waals surface area (Å²) >= 11 is 6.14. The number of nitrogens with one attached hydrogen (secondary N) is 1. The molecule has 21 heavy (non-hydrogen) atoms. The first-order valence-electron chi connectivity index (χ1n) is 6.66. The lowest BCUT2D eigenvalue weighted by atomic mass is 9.99. The fraction of sp³-hybridized carbons (Fsp3) is 0.118. The van der Waals surface area contributed by atoms with Crippen LogP contribution in [0.5, 0.6) is 0 Å². The number of rotatable bonds is 2. The van der Waals surface area contributed by atoms with Gasteiger partial charge in [0.2, 0.25) is 0 Å². The quantitative estimate of drug-likeness (QED) is 0.778. The minimum absolute atomic E-state index is 0.103. The van der Waals surface area contributed by atoms with Crippen LogP contribution < -0.4 is 10.5 Å². The highest BCUT2D eigenvalue weighted by Crippen LogP contribution is 2.34. The average Bonchev–Trinajstić information content (AvgIpc) is 2.47. The fourth-order valence-electron chi connectivity index (χ4n) is 2.58. The van der Waals surface area contributed by atoms with E-state index < -0.39 is 0 Å². The highest BCUT2D eigenvalue weighted by atomic mass is 35.5. The van der Waals surface area contributed by atoms with Gasteiger partial charge in [0.1, 0.15) is 5.69 Å². The number of pyridine rings is 1. The van der Waals surface area contributed by atoms with E-state index in [1.54, 1.807) is 6.07 Å². The summed E-state index contributed by atoms with van der Waals surface area (Å²) in [6, 6.07) is 15.4. The van der Waals surface area contributed by atoms with Gasteiger partial charge in [-0.25, -0.2) is 0 Å². The van der Waals surface area contributed by atoms with Crippen molar-refractivity contribution in [2.24, 2.45) is 0 Å². The van der Waals surface area contributed by atoms with Crippen LogP contribution in [-0.2, 0) is 0 Å². The molecule has 3 rings (SSSR count). The second-order valence-corrected chi connectivity index (χ2v) is 5.56. The summed E-state index contributed by atoms with van der Waals surface area (Å²) in [6.45, 7) is 0. The molecule has 2 aromatic carbocycles. The van der Waals surface area contributed by atoms with Crippen LogP contribution in [0, 0.1) is 0 Å². The Bertz CT molecular complexity index is 854. The van der Waals surface area contributed by atoms with Crippen LogP contribution in [0.1, 0.15) is 0 Å². The van der Waals surface area contributed by atoms with Crippen LogP contribution in [-0.4, -0.2) is 19.1 Å². The molecule has 0 amide bonds. The van der Waals surface area contributed by atoms with Gasteiger partial charge < -0.3 is 9.88 Å². The van der Waals surface area contributed by atoms with Gasteiger partial charge in [0.25, 0.3) is 5.56 Å². The first kappa shape index (κ1) is 13.7. The van der Waals surface area contributed by atoms with Crippen molar-refractivity contribution >= 4 is 28.2 Å². The highest BCUT2D eigenvalue weighted by molar-refractivity contribution is 6.31. The van der Waals surface area contributed by atoms with E-state index >= 15 is 0 Å². The lowest BCUT2D eigenvalue weighted by Crippen LogP contribution is -2.22. The lowest BCUT2D eigenvalue weighted by molar-refractivity contribution is 1.10. The fourth-order valence-corrected chi connectivity index (χ4v) is 2.75. The Labute approximate surface area is 127 Å². The summed E-state index contributed by atoms with van der Waals surface area (Å²) in [5.74, 6) is 0. The molecule has 3 aromatic rings. The van der Waals surface area contributed by atoms with Crippen molar-refractivity contribution in [2.75, 3.05) is 19.0 Å². The number of aromatic amines is 1. The summed E-state index contributed by atoms with van der Waals surface area (Å²) < 4.78 is 0. The van der Waals surface area contributed by atoms with Crippen molar-refractivity contribution in [3.8, 4) is 11.1 Å². The smallest absolute Gasteiger partial charge is 0.272 e. The minimum atomic E-state index is -0.103. The van der Waals surface area contributed by atoms with Gasteiger partial charge in [0.05, 0.1) is 0 Å². The van der Waals surface area contributed by atoms with E-state index in [9.17, 15) is 4.79 Å². The second-order valence-electron chi connectivity index (χ2n) is 5.13. The van der Waals surface area contributed by atoms with E-state index in [1.807, 2.05) is 61.5 Å². The molecule has 1 N–H and O–H groups in total. The zero-order valence-corrected chi connectivity index (χ0v) is 12.6. The van der Waals surface area contributed by atoms with Gasteiger partial charge in [-0.3, -0.25) is 4.79 Å². The predicted molar refractivity (Wildman–Crippen MR) is 89.3 cm³/mol. The van der Waals surface area contributed by atoms with Crippen molar-refractivity contribution in [3.05, 3.63) is 63.9 Å². The van der Waals surface area contributed by atoms with E-state index in [0.717, 1.165) is 22.0 Å². The molecule has 0 fully saturated rings. The molecule has 3 nitrogen and oxygen atoms in total. The Kier molecular flexibility index (Phi) is 3.43. The van der Waals surface area contributed by atoms with Crippen LogP contribution in [0.4, 0.5) is 5.69 Å². The lowest BCUT2D eigenvalue weighted by Gasteiger charge is -2.18. The van der Waals surface area contributed by atoms with Crippen molar-refractivity contribution < 1.29 is 0 Å². The molecular weight excluding hydrogens is 284 g/mol. The number of H-pyrrole nitrogens is 1. The maximum absolute atomic E-state index is 12.4. The molecule has 0 bridgehead atoms. The van der Waals surface area contributed by atoms with Crippen molar-refractivity contribution in [1.29, 1.82) is 0 Å². The Morgan fingerprint density at radius 1 is 1.05 bits per heavy atom. The molecular formula is C17H15ClN2O. The standard InChI is InChI=1S/C17H15ClN2O/c1-20(2)16-15(11-6-4-3-5-7-11)13-10-12(18)8-9-14(13)19-17(16)21/h3-10H,1-2H3,(H,19,21). The number of halogens is 1. The monoisotopic (exact) mass is 298 g/mol. The van der Waals surface area contributed by atoms with Crippen LogP contribution >= 0.6 is 11.6 Å². The van der Waals surface area contributed by atoms with Crippen LogP contribution in [0.3, 0.4) is 0 Å². The van der Waals surface area contributed by atoms with E-state index in [1.165, 1.54) is 0 Å². The van der Waals surface area contributed by atoms with Crippen LogP contribution in [0.15, 0.2) is 53.3 Å². The Morgan fingerprint density at radius 3 is 2.43 bits per heavy atom. The van der Waals surface area contributed by atoms with Gasteiger partial charge in [0, 0.05) is 35.6 Å². The third-order valence-electron chi connectivity index (χ3n) is 3.46. The molecule has 0 aliphatic carbocycles. The molecule has 0 atom stereocenters. The van der Waals surface area contributed by atoms with E-state index in [-0.39, 0.29) is 5.56 Å². The minimum Gasteiger partial charge on any atom is -0.373 e. The molecule has 0 spiro atoms. The number of hydrogen-bond donors (Lipinski definition) is 1. The summed E-state index contributed by atoms with van der Waals surface area (Å²) in [6.07, 6.45) is 0. The van der Waals surface area contributed by atoms with Gasteiger partial charge in [-0.1, -0.05) is 41.9 Å². The Hall–Kier alpha value is -2.26. The van der Waals surface area contributed by atoms with Crippen molar-refractivity contribution in [2.45, 2.75) is 0 Å². The third kappa shape index (κ3) is 2.41. The summed E-state index contributed by atoms with van der Waals surface area (Å²) in [7, 11) is 3.74. The Morgan fingerprint density at radius 2 is 1.76 bits per heavy atom. The number of nitrogens with zero attached hydrogens (tertiary/aromatic N) is 1. The number of aromatic nitrogens is 1. The molecule has 0 aliphatic heterocycles. The second kappa shape index (κ2) is 5.26. The third-order valence-corrected chi connectivity index (χ3v) is 3.70. The molecule has 0 unspecified atom stereocenters. The molecule has 4 heteroatoms. The van der Waals surface area contributed by atoms with Crippen molar-refractivity contribution in [1.82, 2.24) is 4.98 Å². The van der Waals surface area contributed by atoms with Gasteiger partial charge in [-0.15, -0.1) is 0 Å². The van der Waals surface area contributed by atoms with Crippen LogP contribution in [0.2, 0.25) is 5.02 Å². The van der Waals surface area contributed by atoms with Gasteiger partial charge >= 0.3 is 0 Å². The van der Waals surface area contributed by atoms with Gasteiger partial charge in [-0.05, 0) is 23.8 Å². The average molecular weight is 299 g/mol. The normalized spacial score (nSPS) is 10.8. The zero-order valence-electron chi connectivity index (χ0n) is 11.9. The molecule has 1 heterocycles. The van der Waals surface area contributed by atoms with Gasteiger partial charge in [0.15, 0.2) is 0 Å². The summed E-state index contributed by atoms with van der Waals surface area (Å²) in [4.78, 5) is 17.2. The molecule has 106 valence electrons. The SMILES string of the molecule is CN(C)c1c(-c2ccccc2)c2cc(Cl)ccc2[nH]c1=O. The van der Waals surface area contributed by atoms with E-state index in [4.69, 9.17) is 11.6 Å².